The van der Waals surface area contributed by atoms with E-state index in [9.17, 15) is 9.59 Å². The van der Waals surface area contributed by atoms with Crippen molar-refractivity contribution in [3.63, 3.8) is 0 Å². The third kappa shape index (κ3) is 4.83. The number of rotatable bonds is 3. The summed E-state index contributed by atoms with van der Waals surface area (Å²) in [7, 11) is 0. The number of ether oxygens (including phenoxy) is 1. The average Bonchev–Trinajstić information content (AvgIpc) is 2.76. The first kappa shape index (κ1) is 23.1. The highest BCUT2D eigenvalue weighted by Gasteiger charge is 2.34. The number of thiol groups is 1. The van der Waals surface area contributed by atoms with Gasteiger partial charge >= 0.3 is 6.09 Å². The van der Waals surface area contributed by atoms with E-state index in [1.165, 1.54) is 0 Å². The van der Waals surface area contributed by atoms with Crippen LogP contribution < -0.4 is 5.56 Å². The van der Waals surface area contributed by atoms with E-state index in [4.69, 9.17) is 9.72 Å². The number of benzene rings is 2. The van der Waals surface area contributed by atoms with Crippen molar-refractivity contribution in [2.75, 3.05) is 0 Å². The van der Waals surface area contributed by atoms with Gasteiger partial charge in [0.2, 0.25) is 0 Å². The summed E-state index contributed by atoms with van der Waals surface area (Å²) in [6.45, 7) is 7.59. The maximum Gasteiger partial charge on any atom is 0.410 e. The molecule has 0 radical (unpaired) electrons. The summed E-state index contributed by atoms with van der Waals surface area (Å²) < 4.78 is 7.21. The quantitative estimate of drug-likeness (QED) is 0.445. The van der Waals surface area contributed by atoms with Gasteiger partial charge in [0.05, 0.1) is 23.8 Å². The van der Waals surface area contributed by atoms with Gasteiger partial charge in [-0.2, -0.15) is 0 Å². The zero-order valence-corrected chi connectivity index (χ0v) is 20.3. The monoisotopic (exact) mass is 463 g/mol. The van der Waals surface area contributed by atoms with Gasteiger partial charge in [0, 0.05) is 12.5 Å². The van der Waals surface area contributed by atoms with Gasteiger partial charge < -0.3 is 9.64 Å². The maximum atomic E-state index is 13.9. The van der Waals surface area contributed by atoms with E-state index < -0.39 is 11.7 Å². The summed E-state index contributed by atoms with van der Waals surface area (Å²) in [5.74, 6) is 0. The Balaban J connectivity index is 1.82. The standard InChI is InChI=1S/C26H29N3O3S/c1-17-15-21-20(16-28(17)25(31)32-26(2,3)4)23(30)29(24(33)27-21)22(18-11-7-5-8-12-18)19-13-9-6-10-14-19/h5-14,17,22H,15-16H2,1-4H3,(H,27,33). The molecule has 2 aromatic carbocycles. The van der Waals surface area contributed by atoms with Gasteiger partial charge in [-0.1, -0.05) is 60.7 Å². The molecule has 1 atom stereocenters. The molecular formula is C26H29N3O3S. The van der Waals surface area contributed by atoms with E-state index in [0.717, 1.165) is 11.1 Å². The largest absolute Gasteiger partial charge is 0.444 e. The van der Waals surface area contributed by atoms with Crippen molar-refractivity contribution in [2.24, 2.45) is 0 Å². The number of hydrogen-bond donors (Lipinski definition) is 1. The molecule has 0 aliphatic carbocycles. The van der Waals surface area contributed by atoms with E-state index in [1.54, 1.807) is 9.47 Å². The van der Waals surface area contributed by atoms with Crippen molar-refractivity contribution in [1.82, 2.24) is 14.5 Å². The lowest BCUT2D eigenvalue weighted by atomic mass is 9.97. The van der Waals surface area contributed by atoms with Gasteiger partial charge in [-0.3, -0.25) is 9.36 Å². The summed E-state index contributed by atoms with van der Waals surface area (Å²) in [6.07, 6.45) is 0.0451. The lowest BCUT2D eigenvalue weighted by Gasteiger charge is -2.36. The number of nitrogens with zero attached hydrogens (tertiary/aromatic N) is 3. The van der Waals surface area contributed by atoms with Crippen LogP contribution in [0, 0.1) is 0 Å². The minimum Gasteiger partial charge on any atom is -0.444 e. The molecule has 2 heterocycles. The SMILES string of the molecule is CC1Cc2nc(S)n(C(c3ccccc3)c3ccccc3)c(=O)c2CN1C(=O)OC(C)(C)C. The first-order chi connectivity index (χ1) is 15.7. The van der Waals surface area contributed by atoms with E-state index in [2.05, 4.69) is 12.6 Å². The fourth-order valence-electron chi connectivity index (χ4n) is 4.20. The topological polar surface area (TPSA) is 64.4 Å². The molecular weight excluding hydrogens is 434 g/mol. The van der Waals surface area contributed by atoms with Crippen LogP contribution in [0.4, 0.5) is 4.79 Å². The molecule has 4 rings (SSSR count). The van der Waals surface area contributed by atoms with Crippen LogP contribution in [0.25, 0.3) is 0 Å². The van der Waals surface area contributed by atoms with Crippen LogP contribution in [0.1, 0.15) is 56.1 Å². The molecule has 1 aromatic heterocycles. The van der Waals surface area contributed by atoms with Crippen molar-refractivity contribution < 1.29 is 9.53 Å². The fraction of sp³-hybridized carbons (Fsp3) is 0.346. The molecule has 0 N–H and O–H groups in total. The molecule has 3 aromatic rings. The molecule has 1 unspecified atom stereocenters. The van der Waals surface area contributed by atoms with Crippen LogP contribution in [0.15, 0.2) is 70.6 Å². The molecule has 0 saturated carbocycles. The van der Waals surface area contributed by atoms with Crippen molar-refractivity contribution in [3.05, 3.63) is 93.4 Å². The second-order valence-corrected chi connectivity index (χ2v) is 9.80. The smallest absolute Gasteiger partial charge is 0.410 e. The highest BCUT2D eigenvalue weighted by molar-refractivity contribution is 7.80. The van der Waals surface area contributed by atoms with E-state index in [0.29, 0.717) is 22.8 Å². The number of aromatic nitrogens is 2. The lowest BCUT2D eigenvalue weighted by molar-refractivity contribution is 0.0134. The molecule has 1 aliphatic rings. The summed E-state index contributed by atoms with van der Waals surface area (Å²) in [5, 5.41) is 0.356. The lowest BCUT2D eigenvalue weighted by Crippen LogP contribution is -2.48. The Morgan fingerprint density at radius 2 is 1.61 bits per heavy atom. The predicted molar refractivity (Wildman–Crippen MR) is 131 cm³/mol. The van der Waals surface area contributed by atoms with Gasteiger partial charge in [0.1, 0.15) is 5.60 Å². The van der Waals surface area contributed by atoms with Gasteiger partial charge in [-0.25, -0.2) is 9.78 Å². The second kappa shape index (κ2) is 9.06. The second-order valence-electron chi connectivity index (χ2n) is 9.40. The minimum absolute atomic E-state index is 0.137. The van der Waals surface area contributed by atoms with Crippen molar-refractivity contribution >= 4 is 18.7 Å². The van der Waals surface area contributed by atoms with E-state index in [-0.39, 0.29) is 24.2 Å². The molecule has 33 heavy (non-hydrogen) atoms. The van der Waals surface area contributed by atoms with Gasteiger partial charge in [-0.15, -0.1) is 12.6 Å². The molecule has 1 amide bonds. The van der Waals surface area contributed by atoms with Gasteiger partial charge in [0.25, 0.3) is 5.56 Å². The number of amides is 1. The predicted octanol–water partition coefficient (Wildman–Crippen LogP) is 4.85. The normalized spacial score (nSPS) is 15.9. The Morgan fingerprint density at radius 3 is 2.12 bits per heavy atom. The van der Waals surface area contributed by atoms with Gasteiger partial charge in [-0.05, 0) is 38.8 Å². The summed E-state index contributed by atoms with van der Waals surface area (Å²) >= 11 is 4.64. The molecule has 0 fully saturated rings. The maximum absolute atomic E-state index is 13.9. The fourth-order valence-corrected chi connectivity index (χ4v) is 4.53. The Kier molecular flexibility index (Phi) is 6.34. The third-order valence-corrected chi connectivity index (χ3v) is 6.06. The van der Waals surface area contributed by atoms with Crippen molar-refractivity contribution in [1.29, 1.82) is 0 Å². The first-order valence-corrected chi connectivity index (χ1v) is 11.5. The molecule has 0 bridgehead atoms. The zero-order valence-electron chi connectivity index (χ0n) is 19.4. The zero-order chi connectivity index (χ0) is 23.8. The Bertz CT molecular complexity index is 1160. The summed E-state index contributed by atoms with van der Waals surface area (Å²) in [4.78, 5) is 33.0. The Hall–Kier alpha value is -3.06. The van der Waals surface area contributed by atoms with Crippen LogP contribution >= 0.6 is 12.6 Å². The van der Waals surface area contributed by atoms with Crippen LogP contribution in [-0.4, -0.2) is 32.2 Å². The molecule has 7 heteroatoms. The van der Waals surface area contributed by atoms with Crippen LogP contribution in [-0.2, 0) is 17.7 Å². The molecule has 1 aliphatic heterocycles. The Morgan fingerprint density at radius 1 is 1.06 bits per heavy atom. The third-order valence-electron chi connectivity index (χ3n) is 5.74. The number of carbonyl (C=O) groups excluding carboxylic acids is 1. The van der Waals surface area contributed by atoms with E-state index in [1.807, 2.05) is 88.4 Å². The summed E-state index contributed by atoms with van der Waals surface area (Å²) in [6, 6.07) is 19.1. The molecule has 0 spiro atoms. The molecule has 0 saturated heterocycles. The first-order valence-electron chi connectivity index (χ1n) is 11.1. The van der Waals surface area contributed by atoms with Crippen LogP contribution in [0.2, 0.25) is 0 Å². The van der Waals surface area contributed by atoms with Gasteiger partial charge in [0.15, 0.2) is 5.16 Å². The Labute approximate surface area is 199 Å². The van der Waals surface area contributed by atoms with Crippen molar-refractivity contribution in [2.45, 2.75) is 63.5 Å². The number of hydrogen-bond acceptors (Lipinski definition) is 5. The number of carbonyl (C=O) groups is 1. The molecule has 172 valence electrons. The van der Waals surface area contributed by atoms with Crippen LogP contribution in [0.3, 0.4) is 0 Å². The highest BCUT2D eigenvalue weighted by Crippen LogP contribution is 2.29. The van der Waals surface area contributed by atoms with Crippen LogP contribution in [0.5, 0.6) is 0 Å². The average molecular weight is 464 g/mol. The summed E-state index contributed by atoms with van der Waals surface area (Å²) in [5.41, 5.74) is 2.30. The molecule has 6 nitrogen and oxygen atoms in total. The highest BCUT2D eigenvalue weighted by atomic mass is 32.1. The minimum atomic E-state index is -0.615. The number of fused-ring (bicyclic) bond motifs is 1. The van der Waals surface area contributed by atoms with E-state index >= 15 is 0 Å². The van der Waals surface area contributed by atoms with Crippen molar-refractivity contribution in [3.8, 4) is 0 Å².